The lowest BCUT2D eigenvalue weighted by Gasteiger charge is -2.32. The van der Waals surface area contributed by atoms with E-state index >= 15 is 0 Å². The fourth-order valence-electron chi connectivity index (χ4n) is 2.60. The Kier molecular flexibility index (Phi) is 11.2. The van der Waals surface area contributed by atoms with Crippen molar-refractivity contribution in [2.24, 2.45) is 10.9 Å². The van der Waals surface area contributed by atoms with Crippen LogP contribution in [0.15, 0.2) is 27.8 Å². The van der Waals surface area contributed by atoms with Crippen LogP contribution in [-0.2, 0) is 11.2 Å². The third-order valence-corrected chi connectivity index (χ3v) is 4.09. The predicted molar refractivity (Wildman–Crippen MR) is 113 cm³/mol. The van der Waals surface area contributed by atoms with E-state index in [-0.39, 0.29) is 24.0 Å². The second-order valence-electron chi connectivity index (χ2n) is 6.72. The molecule has 1 atom stereocenters. The van der Waals surface area contributed by atoms with E-state index in [9.17, 15) is 0 Å². The maximum Gasteiger partial charge on any atom is 0.191 e. The summed E-state index contributed by atoms with van der Waals surface area (Å²) < 4.78 is 10.8. The standard InChI is InChI=1S/C18H32N4O2.HI/c1-15(2)13-20-18(19-7-6-17-5-4-10-24-17)21-14-16(3)22-8-11-23-12-9-22;/h4-5,10,15-16H,6-9,11-14H2,1-3H3,(H2,19,20,21);1H. The van der Waals surface area contributed by atoms with Gasteiger partial charge in [0, 0.05) is 45.2 Å². The molecule has 0 amide bonds. The van der Waals surface area contributed by atoms with Crippen molar-refractivity contribution >= 4 is 29.9 Å². The van der Waals surface area contributed by atoms with E-state index in [2.05, 4.69) is 41.3 Å². The van der Waals surface area contributed by atoms with Crippen molar-refractivity contribution in [1.29, 1.82) is 0 Å². The van der Waals surface area contributed by atoms with Crippen molar-refractivity contribution in [3.63, 3.8) is 0 Å². The SMILES string of the molecule is CC(C)CN=C(NCCc1ccco1)NCC(C)N1CCOCC1.I. The van der Waals surface area contributed by atoms with Gasteiger partial charge in [0.05, 0.1) is 19.5 Å². The summed E-state index contributed by atoms with van der Waals surface area (Å²) in [7, 11) is 0. The fourth-order valence-corrected chi connectivity index (χ4v) is 2.60. The average molecular weight is 464 g/mol. The molecule has 0 spiro atoms. The van der Waals surface area contributed by atoms with Crippen LogP contribution >= 0.6 is 24.0 Å². The van der Waals surface area contributed by atoms with Crippen LogP contribution < -0.4 is 10.6 Å². The topological polar surface area (TPSA) is 62.0 Å². The summed E-state index contributed by atoms with van der Waals surface area (Å²) >= 11 is 0. The molecule has 25 heavy (non-hydrogen) atoms. The first kappa shape index (κ1) is 22.2. The van der Waals surface area contributed by atoms with Crippen molar-refractivity contribution < 1.29 is 9.15 Å². The quantitative estimate of drug-likeness (QED) is 0.352. The van der Waals surface area contributed by atoms with Crippen molar-refractivity contribution in [2.45, 2.75) is 33.2 Å². The predicted octanol–water partition coefficient (Wildman–Crippen LogP) is 2.35. The molecule has 0 saturated carbocycles. The Morgan fingerprint density at radius 2 is 2.00 bits per heavy atom. The molecule has 1 saturated heterocycles. The van der Waals surface area contributed by atoms with Gasteiger partial charge in [-0.15, -0.1) is 24.0 Å². The van der Waals surface area contributed by atoms with Gasteiger partial charge in [-0.05, 0) is 25.0 Å². The van der Waals surface area contributed by atoms with Gasteiger partial charge < -0.3 is 19.8 Å². The molecule has 1 unspecified atom stereocenters. The second-order valence-corrected chi connectivity index (χ2v) is 6.72. The van der Waals surface area contributed by atoms with Gasteiger partial charge in [0.2, 0.25) is 0 Å². The number of morpholine rings is 1. The number of ether oxygens (including phenoxy) is 1. The molecule has 0 radical (unpaired) electrons. The summed E-state index contributed by atoms with van der Waals surface area (Å²) in [4.78, 5) is 7.14. The zero-order valence-electron chi connectivity index (χ0n) is 15.7. The highest BCUT2D eigenvalue weighted by Gasteiger charge is 2.17. The van der Waals surface area contributed by atoms with Crippen molar-refractivity contribution in [2.75, 3.05) is 45.9 Å². The Balaban J connectivity index is 0.00000312. The first-order valence-corrected chi connectivity index (χ1v) is 9.01. The first-order chi connectivity index (χ1) is 11.6. The number of hydrogen-bond acceptors (Lipinski definition) is 4. The van der Waals surface area contributed by atoms with Crippen molar-refractivity contribution in [1.82, 2.24) is 15.5 Å². The van der Waals surface area contributed by atoms with E-state index in [0.29, 0.717) is 12.0 Å². The fraction of sp³-hybridized carbons (Fsp3) is 0.722. The van der Waals surface area contributed by atoms with Crippen LogP contribution in [0.4, 0.5) is 0 Å². The van der Waals surface area contributed by atoms with E-state index < -0.39 is 0 Å². The molecule has 0 aliphatic carbocycles. The Hall–Kier alpha value is -0.800. The van der Waals surface area contributed by atoms with Crippen LogP contribution in [-0.4, -0.2) is 62.8 Å². The average Bonchev–Trinajstić information content (AvgIpc) is 3.10. The maximum atomic E-state index is 5.42. The molecule has 0 bridgehead atoms. The minimum atomic E-state index is 0. The van der Waals surface area contributed by atoms with Crippen molar-refractivity contribution in [3.8, 4) is 0 Å². The van der Waals surface area contributed by atoms with Crippen molar-refractivity contribution in [3.05, 3.63) is 24.2 Å². The second kappa shape index (κ2) is 12.5. The number of aliphatic imine (C=N–C) groups is 1. The molecule has 1 aliphatic heterocycles. The lowest BCUT2D eigenvalue weighted by atomic mass is 10.2. The molecule has 1 aromatic heterocycles. The van der Waals surface area contributed by atoms with Gasteiger partial charge in [0.1, 0.15) is 5.76 Å². The van der Waals surface area contributed by atoms with Crippen LogP contribution in [0.3, 0.4) is 0 Å². The first-order valence-electron chi connectivity index (χ1n) is 9.01. The van der Waals surface area contributed by atoms with E-state index in [4.69, 9.17) is 9.15 Å². The molecule has 7 heteroatoms. The summed E-state index contributed by atoms with van der Waals surface area (Å²) in [5, 5.41) is 6.89. The Bertz CT molecular complexity index is 473. The molecule has 2 heterocycles. The van der Waals surface area contributed by atoms with E-state index in [1.807, 2.05) is 12.1 Å². The molecule has 0 aromatic carbocycles. The van der Waals surface area contributed by atoms with E-state index in [0.717, 1.165) is 64.1 Å². The maximum absolute atomic E-state index is 5.42. The van der Waals surface area contributed by atoms with Gasteiger partial charge in [-0.2, -0.15) is 0 Å². The van der Waals surface area contributed by atoms with Crippen LogP contribution in [0.5, 0.6) is 0 Å². The summed E-state index contributed by atoms with van der Waals surface area (Å²) in [5.74, 6) is 2.42. The van der Waals surface area contributed by atoms with Gasteiger partial charge in [-0.3, -0.25) is 9.89 Å². The van der Waals surface area contributed by atoms with Gasteiger partial charge in [0.15, 0.2) is 5.96 Å². The lowest BCUT2D eigenvalue weighted by molar-refractivity contribution is 0.0211. The molecular formula is C18H33IN4O2. The molecule has 2 N–H and O–H groups in total. The van der Waals surface area contributed by atoms with Gasteiger partial charge >= 0.3 is 0 Å². The summed E-state index contributed by atoms with van der Waals surface area (Å²) in [5.41, 5.74) is 0. The third-order valence-electron chi connectivity index (χ3n) is 4.09. The molecule has 144 valence electrons. The molecular weight excluding hydrogens is 431 g/mol. The highest BCUT2D eigenvalue weighted by atomic mass is 127. The molecule has 1 fully saturated rings. The van der Waals surface area contributed by atoms with Gasteiger partial charge in [0.25, 0.3) is 0 Å². The number of halogens is 1. The molecule has 6 nitrogen and oxygen atoms in total. The highest BCUT2D eigenvalue weighted by molar-refractivity contribution is 14.0. The molecule has 1 aliphatic rings. The minimum absolute atomic E-state index is 0. The van der Waals surface area contributed by atoms with E-state index in [1.54, 1.807) is 6.26 Å². The monoisotopic (exact) mass is 464 g/mol. The van der Waals surface area contributed by atoms with Crippen LogP contribution in [0.1, 0.15) is 26.5 Å². The molecule has 2 rings (SSSR count). The Morgan fingerprint density at radius 3 is 2.64 bits per heavy atom. The Morgan fingerprint density at radius 1 is 1.24 bits per heavy atom. The van der Waals surface area contributed by atoms with Crippen LogP contribution in [0.2, 0.25) is 0 Å². The smallest absolute Gasteiger partial charge is 0.191 e. The number of nitrogens with zero attached hydrogens (tertiary/aromatic N) is 2. The zero-order valence-corrected chi connectivity index (χ0v) is 18.0. The number of rotatable bonds is 8. The Labute approximate surface area is 168 Å². The summed E-state index contributed by atoms with van der Waals surface area (Å²) in [6.45, 7) is 12.8. The highest BCUT2D eigenvalue weighted by Crippen LogP contribution is 2.03. The zero-order chi connectivity index (χ0) is 17.2. The number of furan rings is 1. The van der Waals surface area contributed by atoms with E-state index in [1.165, 1.54) is 0 Å². The minimum Gasteiger partial charge on any atom is -0.469 e. The normalized spacial score (nSPS) is 17.2. The van der Waals surface area contributed by atoms with Crippen LogP contribution in [0, 0.1) is 5.92 Å². The summed E-state index contributed by atoms with van der Waals surface area (Å²) in [6, 6.07) is 4.39. The van der Waals surface area contributed by atoms with Gasteiger partial charge in [-0.1, -0.05) is 13.8 Å². The lowest BCUT2D eigenvalue weighted by Crippen LogP contribution is -2.49. The van der Waals surface area contributed by atoms with Crippen LogP contribution in [0.25, 0.3) is 0 Å². The number of guanidine groups is 1. The largest absolute Gasteiger partial charge is 0.469 e. The van der Waals surface area contributed by atoms with Gasteiger partial charge in [-0.25, -0.2) is 0 Å². The third kappa shape index (κ3) is 8.91. The summed E-state index contributed by atoms with van der Waals surface area (Å²) in [6.07, 6.45) is 2.57. The number of hydrogen-bond donors (Lipinski definition) is 2. The number of nitrogens with one attached hydrogen (secondary N) is 2. The molecule has 1 aromatic rings.